The number of benzene rings is 1. The molecule has 1 aliphatic rings. The first kappa shape index (κ1) is 19.0. The highest BCUT2D eigenvalue weighted by atomic mass is 32.2. The second kappa shape index (κ2) is 7.26. The van der Waals surface area contributed by atoms with Crippen LogP contribution in [0.25, 0.3) is 0 Å². The van der Waals surface area contributed by atoms with Gasteiger partial charge in [-0.25, -0.2) is 13.6 Å². The lowest BCUT2D eigenvalue weighted by Crippen LogP contribution is -2.40. The minimum atomic E-state index is -4.80. The summed E-state index contributed by atoms with van der Waals surface area (Å²) in [5.41, 5.74) is -0.969. The van der Waals surface area contributed by atoms with Gasteiger partial charge in [-0.1, -0.05) is 0 Å². The number of rotatable bonds is 5. The third-order valence-electron chi connectivity index (χ3n) is 3.87. The van der Waals surface area contributed by atoms with Crippen molar-refractivity contribution in [3.63, 3.8) is 0 Å². The Labute approximate surface area is 139 Å². The van der Waals surface area contributed by atoms with Crippen LogP contribution in [-0.4, -0.2) is 59.8 Å². The van der Waals surface area contributed by atoms with Crippen molar-refractivity contribution in [2.75, 3.05) is 51.3 Å². The lowest BCUT2D eigenvalue weighted by molar-refractivity contribution is -0.139. The normalized spacial score (nSPS) is 17.0. The van der Waals surface area contributed by atoms with E-state index in [4.69, 9.17) is 9.88 Å². The zero-order chi connectivity index (χ0) is 18.0. The average molecular weight is 367 g/mol. The van der Waals surface area contributed by atoms with Gasteiger partial charge >= 0.3 is 6.18 Å². The molecule has 0 aliphatic carbocycles. The van der Waals surface area contributed by atoms with Crippen molar-refractivity contribution in [2.45, 2.75) is 11.1 Å². The molecule has 0 radical (unpaired) electrons. The van der Waals surface area contributed by atoms with E-state index >= 15 is 0 Å². The molecule has 0 atom stereocenters. The number of hydrogen-bond acceptors (Lipinski definition) is 5. The van der Waals surface area contributed by atoms with Crippen LogP contribution in [0.3, 0.4) is 0 Å². The Morgan fingerprint density at radius 3 is 2.46 bits per heavy atom. The number of alkyl halides is 3. The maximum atomic E-state index is 13.1. The number of sulfonamides is 1. The molecule has 0 saturated carbocycles. The Bertz CT molecular complexity index is 674. The van der Waals surface area contributed by atoms with Crippen LogP contribution in [0.15, 0.2) is 23.1 Å². The van der Waals surface area contributed by atoms with Crippen LogP contribution in [0.4, 0.5) is 18.9 Å². The van der Waals surface area contributed by atoms with Crippen LogP contribution in [0.1, 0.15) is 5.56 Å². The number of nitrogens with zero attached hydrogens (tertiary/aromatic N) is 2. The second-order valence-corrected chi connectivity index (χ2v) is 7.13. The molecule has 1 saturated heterocycles. The van der Waals surface area contributed by atoms with Gasteiger partial charge in [-0.3, -0.25) is 4.90 Å². The third kappa shape index (κ3) is 4.82. The molecule has 1 aliphatic heterocycles. The fourth-order valence-electron chi connectivity index (χ4n) is 2.47. The van der Waals surface area contributed by atoms with Gasteiger partial charge in [-0.2, -0.15) is 13.2 Å². The van der Waals surface area contributed by atoms with Crippen molar-refractivity contribution >= 4 is 15.7 Å². The lowest BCUT2D eigenvalue weighted by atomic mass is 10.2. The molecule has 0 spiro atoms. The van der Waals surface area contributed by atoms with Crippen molar-refractivity contribution in [3.05, 3.63) is 23.8 Å². The first-order chi connectivity index (χ1) is 11.1. The Kier molecular flexibility index (Phi) is 5.74. The molecule has 24 heavy (non-hydrogen) atoms. The maximum absolute atomic E-state index is 13.1. The average Bonchev–Trinajstić information content (AvgIpc) is 2.51. The van der Waals surface area contributed by atoms with E-state index in [0.717, 1.165) is 25.2 Å². The summed E-state index contributed by atoms with van der Waals surface area (Å²) in [5, 5.41) is 4.88. The predicted octanol–water partition coefficient (Wildman–Crippen LogP) is 1.12. The molecule has 1 aromatic carbocycles. The zero-order valence-corrected chi connectivity index (χ0v) is 14.0. The minimum absolute atomic E-state index is 0.281. The van der Waals surface area contributed by atoms with Gasteiger partial charge in [-0.15, -0.1) is 0 Å². The minimum Gasteiger partial charge on any atom is -0.379 e. The highest BCUT2D eigenvalue weighted by Crippen LogP contribution is 2.36. The number of morpholine rings is 1. The van der Waals surface area contributed by atoms with Crippen LogP contribution in [0, 0.1) is 0 Å². The van der Waals surface area contributed by atoms with Crippen LogP contribution in [0.5, 0.6) is 0 Å². The van der Waals surface area contributed by atoms with Gasteiger partial charge in [0.15, 0.2) is 0 Å². The molecular formula is C14H20F3N3O3S. The molecule has 10 heteroatoms. The molecule has 0 bridgehead atoms. The number of nitrogens with two attached hydrogens (primary N) is 1. The fourth-order valence-corrected chi connectivity index (χ4v) is 3.21. The third-order valence-corrected chi connectivity index (χ3v) is 4.84. The fraction of sp³-hybridized carbons (Fsp3) is 0.571. The van der Waals surface area contributed by atoms with Gasteiger partial charge < -0.3 is 9.64 Å². The Morgan fingerprint density at radius 2 is 1.92 bits per heavy atom. The first-order valence-corrected chi connectivity index (χ1v) is 8.89. The molecule has 0 amide bonds. The standard InChI is InChI=1S/C14H20F3N3O3S/c1-19(4-5-20-6-8-23-9-7-20)11-2-3-13(24(18,21)22)12(10-11)14(15,16)17/h2-3,10H,4-9H2,1H3,(H2,18,21,22). The Balaban J connectivity index is 2.18. The summed E-state index contributed by atoms with van der Waals surface area (Å²) >= 11 is 0. The van der Waals surface area contributed by atoms with Crippen LogP contribution in [-0.2, 0) is 20.9 Å². The van der Waals surface area contributed by atoms with Gasteiger partial charge in [0.2, 0.25) is 10.0 Å². The molecule has 136 valence electrons. The van der Waals surface area contributed by atoms with Crippen molar-refractivity contribution in [2.24, 2.45) is 5.14 Å². The van der Waals surface area contributed by atoms with Gasteiger partial charge in [0.1, 0.15) is 0 Å². The Morgan fingerprint density at radius 1 is 1.29 bits per heavy atom. The summed E-state index contributed by atoms with van der Waals surface area (Å²) in [5.74, 6) is 0. The number of hydrogen-bond donors (Lipinski definition) is 1. The van der Waals surface area contributed by atoms with Gasteiger partial charge in [0.05, 0.1) is 23.7 Å². The van der Waals surface area contributed by atoms with E-state index in [1.807, 2.05) is 0 Å². The molecule has 1 fully saturated rings. The van der Waals surface area contributed by atoms with E-state index in [-0.39, 0.29) is 5.69 Å². The van der Waals surface area contributed by atoms with Crippen LogP contribution in [0.2, 0.25) is 0 Å². The maximum Gasteiger partial charge on any atom is 0.417 e. The molecule has 0 unspecified atom stereocenters. The molecule has 2 rings (SSSR count). The molecule has 1 aromatic rings. The second-order valence-electron chi connectivity index (χ2n) is 5.60. The van der Waals surface area contributed by atoms with Gasteiger partial charge in [0.25, 0.3) is 0 Å². The largest absolute Gasteiger partial charge is 0.417 e. The van der Waals surface area contributed by atoms with E-state index < -0.39 is 26.7 Å². The quantitative estimate of drug-likeness (QED) is 0.844. The lowest BCUT2D eigenvalue weighted by Gasteiger charge is -2.29. The zero-order valence-electron chi connectivity index (χ0n) is 13.2. The molecule has 0 aromatic heterocycles. The molecule has 2 N–H and O–H groups in total. The van der Waals surface area contributed by atoms with Crippen LogP contribution >= 0.6 is 0 Å². The summed E-state index contributed by atoms with van der Waals surface area (Å²) in [7, 11) is -2.79. The number of halogens is 3. The molecular weight excluding hydrogens is 347 g/mol. The number of ether oxygens (including phenoxy) is 1. The van der Waals surface area contributed by atoms with Gasteiger partial charge in [-0.05, 0) is 18.2 Å². The highest BCUT2D eigenvalue weighted by molar-refractivity contribution is 7.89. The first-order valence-electron chi connectivity index (χ1n) is 7.34. The highest BCUT2D eigenvalue weighted by Gasteiger charge is 2.36. The summed E-state index contributed by atoms with van der Waals surface area (Å²) < 4.78 is 67.4. The van der Waals surface area contributed by atoms with E-state index in [9.17, 15) is 21.6 Å². The van der Waals surface area contributed by atoms with Gasteiger partial charge in [0, 0.05) is 38.9 Å². The molecule has 6 nitrogen and oxygen atoms in total. The summed E-state index contributed by atoms with van der Waals surface area (Å²) in [4.78, 5) is 2.89. The number of likely N-dealkylation sites (N-methyl/N-ethyl adjacent to an activating group) is 1. The summed E-state index contributed by atoms with van der Waals surface area (Å²) in [6, 6.07) is 3.05. The number of anilines is 1. The summed E-state index contributed by atoms with van der Waals surface area (Å²) in [6.45, 7) is 4.04. The van der Waals surface area contributed by atoms with Crippen LogP contribution < -0.4 is 10.0 Å². The Hall–Kier alpha value is -1.36. The van der Waals surface area contributed by atoms with E-state index in [1.165, 1.54) is 6.07 Å². The number of primary sulfonamides is 1. The van der Waals surface area contributed by atoms with E-state index in [2.05, 4.69) is 4.90 Å². The van der Waals surface area contributed by atoms with Crippen molar-refractivity contribution in [3.8, 4) is 0 Å². The van der Waals surface area contributed by atoms with Crippen molar-refractivity contribution in [1.29, 1.82) is 0 Å². The predicted molar refractivity (Wildman–Crippen MR) is 83.3 cm³/mol. The smallest absolute Gasteiger partial charge is 0.379 e. The van der Waals surface area contributed by atoms with E-state index in [0.29, 0.717) is 26.3 Å². The monoisotopic (exact) mass is 367 g/mol. The van der Waals surface area contributed by atoms with E-state index in [1.54, 1.807) is 11.9 Å². The SMILES string of the molecule is CN(CCN1CCOCC1)c1ccc(S(N)(=O)=O)c(C(F)(F)F)c1. The summed E-state index contributed by atoms with van der Waals surface area (Å²) in [6.07, 6.45) is -4.80. The molecule has 1 heterocycles. The van der Waals surface area contributed by atoms with Crippen molar-refractivity contribution in [1.82, 2.24) is 4.90 Å². The van der Waals surface area contributed by atoms with Crippen molar-refractivity contribution < 1.29 is 26.3 Å². The topological polar surface area (TPSA) is 75.9 Å².